The van der Waals surface area contributed by atoms with Crippen LogP contribution in [0.5, 0.6) is 0 Å². The van der Waals surface area contributed by atoms with E-state index in [1.165, 1.54) is 0 Å². The van der Waals surface area contributed by atoms with Gasteiger partial charge in [-0.25, -0.2) is 0 Å². The molecule has 9 heavy (non-hydrogen) atoms. The van der Waals surface area contributed by atoms with Crippen molar-refractivity contribution in [3.8, 4) is 0 Å². The van der Waals surface area contributed by atoms with Crippen molar-refractivity contribution in [2.75, 3.05) is 26.9 Å². The van der Waals surface area contributed by atoms with E-state index >= 15 is 0 Å². The molecule has 1 aliphatic heterocycles. The summed E-state index contributed by atoms with van der Waals surface area (Å²) in [5.41, 5.74) is 0. The van der Waals surface area contributed by atoms with Gasteiger partial charge in [0.2, 0.25) is 0 Å². The third kappa shape index (κ3) is 1.41. The van der Waals surface area contributed by atoms with Crippen molar-refractivity contribution in [2.45, 2.75) is 6.10 Å². The Kier molecular flexibility index (Phi) is 2.45. The lowest BCUT2D eigenvalue weighted by atomic mass is 10.1. The average molecular weight is 132 g/mol. The molecule has 1 fully saturated rings. The summed E-state index contributed by atoms with van der Waals surface area (Å²) in [4.78, 5) is 0. The van der Waals surface area contributed by atoms with Gasteiger partial charge in [-0.05, 0) is 0 Å². The number of methoxy groups -OCH3 is 1. The first-order valence-electron chi connectivity index (χ1n) is 3.10. The smallest absolute Gasteiger partial charge is 0.0876 e. The highest BCUT2D eigenvalue weighted by Crippen LogP contribution is 2.14. The Morgan fingerprint density at radius 2 is 2.44 bits per heavy atom. The monoisotopic (exact) mass is 132 g/mol. The molecule has 0 aromatic rings. The highest BCUT2D eigenvalue weighted by molar-refractivity contribution is 4.73. The molecule has 0 saturated carbocycles. The second kappa shape index (κ2) is 3.15. The predicted molar refractivity (Wildman–Crippen MR) is 32.2 cm³/mol. The SMILES string of the molecule is CO[C@H]1COC[C@@H]1CO. The Bertz CT molecular complexity index is 74.4. The van der Waals surface area contributed by atoms with E-state index in [-0.39, 0.29) is 18.6 Å². The van der Waals surface area contributed by atoms with Crippen molar-refractivity contribution in [3.63, 3.8) is 0 Å². The van der Waals surface area contributed by atoms with Gasteiger partial charge in [-0.1, -0.05) is 0 Å². The molecule has 0 aromatic heterocycles. The minimum absolute atomic E-state index is 0.106. The molecule has 0 radical (unpaired) electrons. The summed E-state index contributed by atoms with van der Waals surface area (Å²) in [5.74, 6) is 0.190. The molecule has 0 aromatic carbocycles. The van der Waals surface area contributed by atoms with E-state index in [1.807, 2.05) is 0 Å². The lowest BCUT2D eigenvalue weighted by Gasteiger charge is -2.11. The Morgan fingerprint density at radius 1 is 1.67 bits per heavy atom. The molecule has 1 heterocycles. The quantitative estimate of drug-likeness (QED) is 0.557. The van der Waals surface area contributed by atoms with E-state index in [0.717, 1.165) is 0 Å². The van der Waals surface area contributed by atoms with E-state index in [0.29, 0.717) is 13.2 Å². The standard InChI is InChI=1S/C6H12O3/c1-8-6-4-9-3-5(6)2-7/h5-7H,2-4H2,1H3/t5-,6-/m0/s1. The number of rotatable bonds is 2. The van der Waals surface area contributed by atoms with Gasteiger partial charge < -0.3 is 14.6 Å². The molecule has 1 N–H and O–H groups in total. The van der Waals surface area contributed by atoms with Gasteiger partial charge in [0.25, 0.3) is 0 Å². The van der Waals surface area contributed by atoms with Crippen molar-refractivity contribution < 1.29 is 14.6 Å². The molecule has 3 heteroatoms. The second-order valence-corrected chi connectivity index (χ2v) is 2.25. The molecule has 0 amide bonds. The van der Waals surface area contributed by atoms with Gasteiger partial charge in [0, 0.05) is 13.0 Å². The van der Waals surface area contributed by atoms with Gasteiger partial charge in [-0.2, -0.15) is 0 Å². The van der Waals surface area contributed by atoms with E-state index in [9.17, 15) is 0 Å². The maximum atomic E-state index is 8.71. The first kappa shape index (κ1) is 6.99. The van der Waals surface area contributed by atoms with Crippen LogP contribution in [0.3, 0.4) is 0 Å². The summed E-state index contributed by atoms with van der Waals surface area (Å²) in [6.07, 6.45) is 0.106. The topological polar surface area (TPSA) is 38.7 Å². The summed E-state index contributed by atoms with van der Waals surface area (Å²) in [7, 11) is 1.64. The Balaban J connectivity index is 2.32. The average Bonchev–Trinajstić information content (AvgIpc) is 2.33. The van der Waals surface area contributed by atoms with Crippen LogP contribution in [0, 0.1) is 5.92 Å². The van der Waals surface area contributed by atoms with E-state index < -0.39 is 0 Å². The van der Waals surface area contributed by atoms with Crippen LogP contribution in [0.4, 0.5) is 0 Å². The molecule has 0 spiro atoms. The Morgan fingerprint density at radius 3 is 2.89 bits per heavy atom. The van der Waals surface area contributed by atoms with E-state index in [1.54, 1.807) is 7.11 Å². The zero-order valence-electron chi connectivity index (χ0n) is 5.54. The van der Waals surface area contributed by atoms with Gasteiger partial charge in [0.05, 0.1) is 25.9 Å². The number of ether oxygens (including phenoxy) is 2. The van der Waals surface area contributed by atoms with Gasteiger partial charge in [0.15, 0.2) is 0 Å². The number of hydrogen-bond acceptors (Lipinski definition) is 3. The molecule has 1 saturated heterocycles. The van der Waals surface area contributed by atoms with Gasteiger partial charge >= 0.3 is 0 Å². The van der Waals surface area contributed by atoms with Crippen LogP contribution in [0.15, 0.2) is 0 Å². The highest BCUT2D eigenvalue weighted by atomic mass is 16.5. The third-order valence-corrected chi connectivity index (χ3v) is 1.68. The van der Waals surface area contributed by atoms with Crippen molar-refractivity contribution in [1.82, 2.24) is 0 Å². The van der Waals surface area contributed by atoms with E-state index in [2.05, 4.69) is 0 Å². The molecule has 2 atom stereocenters. The zero-order chi connectivity index (χ0) is 6.69. The molecular formula is C6H12O3. The summed E-state index contributed by atoms with van der Waals surface area (Å²) < 4.78 is 10.1. The maximum Gasteiger partial charge on any atom is 0.0876 e. The minimum Gasteiger partial charge on any atom is -0.396 e. The van der Waals surface area contributed by atoms with Crippen molar-refractivity contribution in [1.29, 1.82) is 0 Å². The largest absolute Gasteiger partial charge is 0.396 e. The summed E-state index contributed by atoms with van der Waals surface area (Å²) >= 11 is 0. The summed E-state index contributed by atoms with van der Waals surface area (Å²) in [6, 6.07) is 0. The number of aliphatic hydroxyl groups is 1. The van der Waals surface area contributed by atoms with Crippen LogP contribution in [-0.2, 0) is 9.47 Å². The van der Waals surface area contributed by atoms with E-state index in [4.69, 9.17) is 14.6 Å². The van der Waals surface area contributed by atoms with Gasteiger partial charge in [-0.3, -0.25) is 0 Å². The number of aliphatic hydroxyl groups excluding tert-OH is 1. The predicted octanol–water partition coefficient (Wildman–Crippen LogP) is -0.360. The zero-order valence-corrected chi connectivity index (χ0v) is 5.54. The molecule has 54 valence electrons. The Hall–Kier alpha value is -0.120. The Labute approximate surface area is 54.6 Å². The van der Waals surface area contributed by atoms with Crippen molar-refractivity contribution in [2.24, 2.45) is 5.92 Å². The molecule has 0 aliphatic carbocycles. The third-order valence-electron chi connectivity index (χ3n) is 1.68. The number of hydrogen-bond donors (Lipinski definition) is 1. The minimum atomic E-state index is 0.106. The van der Waals surface area contributed by atoms with Crippen LogP contribution >= 0.6 is 0 Å². The van der Waals surface area contributed by atoms with Crippen LogP contribution < -0.4 is 0 Å². The molecule has 1 aliphatic rings. The fourth-order valence-electron chi connectivity index (χ4n) is 1.01. The molecule has 0 unspecified atom stereocenters. The first-order chi connectivity index (χ1) is 4.38. The summed E-state index contributed by atoms with van der Waals surface area (Å²) in [5, 5.41) is 8.71. The first-order valence-corrected chi connectivity index (χ1v) is 3.10. The van der Waals surface area contributed by atoms with Crippen LogP contribution in [-0.4, -0.2) is 38.1 Å². The lowest BCUT2D eigenvalue weighted by Crippen LogP contribution is -2.23. The fourth-order valence-corrected chi connectivity index (χ4v) is 1.01. The summed E-state index contributed by atoms with van der Waals surface area (Å²) in [6.45, 7) is 1.43. The maximum absolute atomic E-state index is 8.71. The highest BCUT2D eigenvalue weighted by Gasteiger charge is 2.26. The van der Waals surface area contributed by atoms with Gasteiger partial charge in [0.1, 0.15) is 0 Å². The van der Waals surface area contributed by atoms with Crippen molar-refractivity contribution >= 4 is 0 Å². The normalized spacial score (nSPS) is 35.3. The molecular weight excluding hydrogens is 120 g/mol. The molecule has 1 rings (SSSR count). The fraction of sp³-hybridized carbons (Fsp3) is 1.00. The second-order valence-electron chi connectivity index (χ2n) is 2.25. The molecule has 0 bridgehead atoms. The van der Waals surface area contributed by atoms with Crippen LogP contribution in [0.1, 0.15) is 0 Å². The van der Waals surface area contributed by atoms with Crippen LogP contribution in [0.2, 0.25) is 0 Å². The van der Waals surface area contributed by atoms with Gasteiger partial charge in [-0.15, -0.1) is 0 Å². The van der Waals surface area contributed by atoms with Crippen LogP contribution in [0.25, 0.3) is 0 Å². The molecule has 3 nitrogen and oxygen atoms in total. The lowest BCUT2D eigenvalue weighted by molar-refractivity contribution is 0.0511. The van der Waals surface area contributed by atoms with Crippen molar-refractivity contribution in [3.05, 3.63) is 0 Å².